The molecule has 0 amide bonds. The van der Waals surface area contributed by atoms with Crippen LogP contribution in [-0.4, -0.2) is 12.6 Å². The lowest BCUT2D eigenvalue weighted by Gasteiger charge is -2.00. The second-order valence-electron chi connectivity index (χ2n) is 3.02. The van der Waals surface area contributed by atoms with E-state index >= 15 is 0 Å². The summed E-state index contributed by atoms with van der Waals surface area (Å²) in [5, 5.41) is 0. The first-order chi connectivity index (χ1) is 7.26. The first-order valence-electron chi connectivity index (χ1n) is 5.07. The molecule has 0 aliphatic carbocycles. The van der Waals surface area contributed by atoms with Crippen molar-refractivity contribution in [3.8, 4) is 0 Å². The highest BCUT2D eigenvalue weighted by atomic mass is 16.5. The van der Waals surface area contributed by atoms with E-state index in [4.69, 9.17) is 13.9 Å². The van der Waals surface area contributed by atoms with E-state index in [2.05, 4.69) is 0 Å². The molecule has 0 radical (unpaired) electrons. The van der Waals surface area contributed by atoms with Crippen molar-refractivity contribution >= 4 is 5.97 Å². The molecule has 0 unspecified atom stereocenters. The Kier molecular flexibility index (Phi) is 4.90. The predicted molar refractivity (Wildman–Crippen MR) is 54.1 cm³/mol. The van der Waals surface area contributed by atoms with E-state index in [9.17, 15) is 4.79 Å². The molecule has 15 heavy (non-hydrogen) atoms. The highest BCUT2D eigenvalue weighted by Gasteiger charge is 2.04. The largest absolute Gasteiger partial charge is 0.460 e. The fraction of sp³-hybridized carbons (Fsp3) is 0.545. The van der Waals surface area contributed by atoms with Gasteiger partial charge < -0.3 is 13.9 Å². The molecule has 4 nitrogen and oxygen atoms in total. The lowest BCUT2D eigenvalue weighted by atomic mass is 10.4. The fourth-order valence-corrected chi connectivity index (χ4v) is 1.03. The number of rotatable bonds is 6. The number of hydrogen-bond donors (Lipinski definition) is 0. The predicted octanol–water partition coefficient (Wildman–Crippen LogP) is 2.27. The van der Waals surface area contributed by atoms with Gasteiger partial charge in [0.05, 0.1) is 0 Å². The molecule has 1 rings (SSSR count). The van der Waals surface area contributed by atoms with Gasteiger partial charge in [-0.25, -0.2) is 0 Å². The smallest absolute Gasteiger partial charge is 0.305 e. The van der Waals surface area contributed by atoms with Gasteiger partial charge in [0.1, 0.15) is 24.7 Å². The normalized spacial score (nSPS) is 10.3. The summed E-state index contributed by atoms with van der Waals surface area (Å²) < 4.78 is 15.5. The van der Waals surface area contributed by atoms with Gasteiger partial charge in [-0.1, -0.05) is 6.92 Å². The highest BCUT2D eigenvalue weighted by molar-refractivity contribution is 5.68. The number of hydrogen-bond acceptors (Lipinski definition) is 4. The molecule has 1 aromatic rings. The van der Waals surface area contributed by atoms with Crippen molar-refractivity contribution < 1.29 is 18.7 Å². The van der Waals surface area contributed by atoms with Gasteiger partial charge in [-0.2, -0.15) is 0 Å². The van der Waals surface area contributed by atoms with Crippen LogP contribution in [0.2, 0.25) is 0 Å². The molecular formula is C11H16O4. The highest BCUT2D eigenvalue weighted by Crippen LogP contribution is 2.10. The van der Waals surface area contributed by atoms with Crippen LogP contribution in [0.15, 0.2) is 16.5 Å². The quantitative estimate of drug-likeness (QED) is 0.679. The van der Waals surface area contributed by atoms with Crippen LogP contribution in [0.3, 0.4) is 0 Å². The van der Waals surface area contributed by atoms with E-state index in [1.165, 1.54) is 0 Å². The second kappa shape index (κ2) is 6.24. The molecule has 0 aromatic carbocycles. The van der Waals surface area contributed by atoms with Gasteiger partial charge in [-0.05, 0) is 19.1 Å². The Morgan fingerprint density at radius 1 is 1.27 bits per heavy atom. The van der Waals surface area contributed by atoms with Crippen LogP contribution < -0.4 is 0 Å². The van der Waals surface area contributed by atoms with Crippen LogP contribution in [0.5, 0.6) is 0 Å². The monoisotopic (exact) mass is 212 g/mol. The molecule has 84 valence electrons. The molecule has 0 saturated carbocycles. The summed E-state index contributed by atoms with van der Waals surface area (Å²) in [7, 11) is 0. The van der Waals surface area contributed by atoms with Crippen molar-refractivity contribution in [3.05, 3.63) is 23.7 Å². The van der Waals surface area contributed by atoms with Crippen molar-refractivity contribution in [1.82, 2.24) is 0 Å². The number of ether oxygens (including phenoxy) is 2. The minimum Gasteiger partial charge on any atom is -0.460 e. The first kappa shape index (κ1) is 11.8. The molecule has 0 N–H and O–H groups in total. The Morgan fingerprint density at radius 3 is 2.53 bits per heavy atom. The number of esters is 1. The summed E-state index contributed by atoms with van der Waals surface area (Å²) in [5.74, 6) is 1.17. The third kappa shape index (κ3) is 4.16. The minimum atomic E-state index is -0.224. The van der Waals surface area contributed by atoms with Gasteiger partial charge in [0.2, 0.25) is 0 Å². The molecule has 0 aliphatic heterocycles. The van der Waals surface area contributed by atoms with Crippen LogP contribution in [0, 0.1) is 0 Å². The van der Waals surface area contributed by atoms with E-state index in [1.807, 2.05) is 13.0 Å². The molecule has 0 bridgehead atoms. The van der Waals surface area contributed by atoms with Gasteiger partial charge >= 0.3 is 5.97 Å². The maximum Gasteiger partial charge on any atom is 0.305 e. The fourth-order valence-electron chi connectivity index (χ4n) is 1.03. The maximum atomic E-state index is 10.9. The van der Waals surface area contributed by atoms with E-state index in [-0.39, 0.29) is 12.6 Å². The molecule has 0 fully saturated rings. The maximum absolute atomic E-state index is 10.9. The second-order valence-corrected chi connectivity index (χ2v) is 3.02. The molecular weight excluding hydrogens is 196 g/mol. The molecule has 1 heterocycles. The SMILES string of the molecule is CCOCc1ccc(COC(=O)CC)o1. The Bertz CT molecular complexity index is 303. The number of furan rings is 1. The van der Waals surface area contributed by atoms with Gasteiger partial charge in [-0.3, -0.25) is 4.79 Å². The van der Waals surface area contributed by atoms with Gasteiger partial charge in [0.15, 0.2) is 0 Å². The van der Waals surface area contributed by atoms with Gasteiger partial charge in [-0.15, -0.1) is 0 Å². The molecule has 0 aliphatic rings. The average molecular weight is 212 g/mol. The summed E-state index contributed by atoms with van der Waals surface area (Å²) in [4.78, 5) is 10.9. The van der Waals surface area contributed by atoms with Crippen molar-refractivity contribution in [2.45, 2.75) is 33.5 Å². The van der Waals surface area contributed by atoms with Gasteiger partial charge in [0, 0.05) is 13.0 Å². The van der Waals surface area contributed by atoms with E-state index < -0.39 is 0 Å². The summed E-state index contributed by atoms with van der Waals surface area (Å²) in [6.07, 6.45) is 0.381. The lowest BCUT2D eigenvalue weighted by molar-refractivity contribution is -0.145. The van der Waals surface area contributed by atoms with Crippen LogP contribution in [-0.2, 0) is 27.5 Å². The molecule has 0 spiro atoms. The van der Waals surface area contributed by atoms with Crippen LogP contribution in [0.25, 0.3) is 0 Å². The average Bonchev–Trinajstić information content (AvgIpc) is 2.71. The van der Waals surface area contributed by atoms with Crippen LogP contribution >= 0.6 is 0 Å². The van der Waals surface area contributed by atoms with Crippen molar-refractivity contribution in [3.63, 3.8) is 0 Å². The number of carbonyl (C=O) groups excluding carboxylic acids is 1. The van der Waals surface area contributed by atoms with Gasteiger partial charge in [0.25, 0.3) is 0 Å². The van der Waals surface area contributed by atoms with Crippen LogP contribution in [0.1, 0.15) is 31.8 Å². The third-order valence-corrected chi connectivity index (χ3v) is 1.83. The van der Waals surface area contributed by atoms with Crippen LogP contribution in [0.4, 0.5) is 0 Å². The van der Waals surface area contributed by atoms with E-state index in [1.54, 1.807) is 13.0 Å². The zero-order valence-corrected chi connectivity index (χ0v) is 9.12. The van der Waals surface area contributed by atoms with E-state index in [0.29, 0.717) is 25.4 Å². The summed E-state index contributed by atoms with van der Waals surface area (Å²) in [6, 6.07) is 3.61. The standard InChI is InChI=1S/C11H16O4/c1-3-11(12)14-8-10-6-5-9(15-10)7-13-4-2/h5-6H,3-4,7-8H2,1-2H3. The number of carbonyl (C=O) groups is 1. The Labute approximate surface area is 89.2 Å². The molecule has 0 atom stereocenters. The molecule has 1 aromatic heterocycles. The topological polar surface area (TPSA) is 48.7 Å². The molecule has 4 heteroatoms. The Balaban J connectivity index is 2.35. The molecule has 0 saturated heterocycles. The zero-order chi connectivity index (χ0) is 11.1. The summed E-state index contributed by atoms with van der Waals surface area (Å²) in [5.41, 5.74) is 0. The first-order valence-corrected chi connectivity index (χ1v) is 5.07. The zero-order valence-electron chi connectivity index (χ0n) is 9.12. The summed E-state index contributed by atoms with van der Waals surface area (Å²) >= 11 is 0. The summed E-state index contributed by atoms with van der Waals surface area (Å²) in [6.45, 7) is 4.98. The van der Waals surface area contributed by atoms with Crippen molar-refractivity contribution in [1.29, 1.82) is 0 Å². The minimum absolute atomic E-state index is 0.193. The lowest BCUT2D eigenvalue weighted by Crippen LogP contribution is -2.01. The third-order valence-electron chi connectivity index (χ3n) is 1.83. The van der Waals surface area contributed by atoms with Crippen molar-refractivity contribution in [2.75, 3.05) is 6.61 Å². The Hall–Kier alpha value is -1.29. The van der Waals surface area contributed by atoms with Crippen molar-refractivity contribution in [2.24, 2.45) is 0 Å². The van der Waals surface area contributed by atoms with E-state index in [0.717, 1.165) is 5.76 Å². The Morgan fingerprint density at radius 2 is 1.93 bits per heavy atom.